The largest absolute Gasteiger partial charge is 0.482 e. The zero-order chi connectivity index (χ0) is 21.3. The van der Waals surface area contributed by atoms with Gasteiger partial charge in [0.15, 0.2) is 12.2 Å². The first kappa shape index (κ1) is 20.3. The van der Waals surface area contributed by atoms with Crippen LogP contribution in [-0.4, -0.2) is 17.5 Å². The van der Waals surface area contributed by atoms with Gasteiger partial charge in [0.1, 0.15) is 11.3 Å². The molecule has 4 rings (SSSR count). The minimum absolute atomic E-state index is 0.158. The van der Waals surface area contributed by atoms with E-state index in [4.69, 9.17) is 32.4 Å². The summed E-state index contributed by atoms with van der Waals surface area (Å²) in [7, 11) is 0. The lowest BCUT2D eigenvalue weighted by molar-refractivity contribution is -0.118. The van der Waals surface area contributed by atoms with Crippen LogP contribution in [0.3, 0.4) is 0 Å². The quantitative estimate of drug-likeness (QED) is 0.387. The van der Waals surface area contributed by atoms with E-state index in [0.717, 1.165) is 16.7 Å². The normalized spacial score (nSPS) is 10.9. The second-order valence-electron chi connectivity index (χ2n) is 6.94. The van der Waals surface area contributed by atoms with Gasteiger partial charge in [-0.25, -0.2) is 4.98 Å². The Kier molecular flexibility index (Phi) is 5.66. The standard InChI is InChI=1S/C23H18Cl2N2O3/c1-13-8-14(2)22(18(25)9-13)29-12-21(28)26-17-6-7-20-19(11-17)27-23(30-20)15-4-3-5-16(24)10-15/h3-11H,12H2,1-2H3,(H,26,28). The first-order valence-electron chi connectivity index (χ1n) is 9.25. The molecule has 1 aromatic heterocycles. The molecule has 0 saturated heterocycles. The van der Waals surface area contributed by atoms with Crippen molar-refractivity contribution in [1.82, 2.24) is 4.98 Å². The van der Waals surface area contributed by atoms with Crippen molar-refractivity contribution in [2.75, 3.05) is 11.9 Å². The number of halogens is 2. The van der Waals surface area contributed by atoms with Crippen LogP contribution in [0.4, 0.5) is 5.69 Å². The van der Waals surface area contributed by atoms with Gasteiger partial charge in [0.25, 0.3) is 5.91 Å². The van der Waals surface area contributed by atoms with Gasteiger partial charge in [-0.2, -0.15) is 0 Å². The smallest absolute Gasteiger partial charge is 0.262 e. The summed E-state index contributed by atoms with van der Waals surface area (Å²) in [6.07, 6.45) is 0. The van der Waals surface area contributed by atoms with Crippen LogP contribution in [0, 0.1) is 13.8 Å². The van der Waals surface area contributed by atoms with E-state index in [1.165, 1.54) is 0 Å². The Labute approximate surface area is 183 Å². The first-order valence-corrected chi connectivity index (χ1v) is 10.0. The van der Waals surface area contributed by atoms with Crippen molar-refractivity contribution in [2.45, 2.75) is 13.8 Å². The molecule has 0 aliphatic rings. The molecule has 0 unspecified atom stereocenters. The fraction of sp³-hybridized carbons (Fsp3) is 0.130. The van der Waals surface area contributed by atoms with Crippen LogP contribution < -0.4 is 10.1 Å². The summed E-state index contributed by atoms with van der Waals surface area (Å²) in [5.41, 5.74) is 4.52. The molecule has 0 spiro atoms. The van der Waals surface area contributed by atoms with E-state index in [0.29, 0.717) is 38.5 Å². The average molecular weight is 441 g/mol. The van der Waals surface area contributed by atoms with Crippen molar-refractivity contribution in [3.63, 3.8) is 0 Å². The Hall–Kier alpha value is -3.02. The minimum Gasteiger partial charge on any atom is -0.482 e. The number of carbonyl (C=O) groups excluding carboxylic acids is 1. The number of carbonyl (C=O) groups is 1. The van der Waals surface area contributed by atoms with Crippen molar-refractivity contribution in [3.05, 3.63) is 75.8 Å². The van der Waals surface area contributed by atoms with E-state index in [2.05, 4.69) is 10.3 Å². The molecule has 30 heavy (non-hydrogen) atoms. The number of anilines is 1. The SMILES string of the molecule is Cc1cc(C)c(OCC(=O)Nc2ccc3oc(-c4cccc(Cl)c4)nc3c2)c(Cl)c1. The number of nitrogens with zero attached hydrogens (tertiary/aromatic N) is 1. The van der Waals surface area contributed by atoms with Crippen molar-refractivity contribution in [3.8, 4) is 17.2 Å². The highest BCUT2D eigenvalue weighted by Crippen LogP contribution is 2.30. The lowest BCUT2D eigenvalue weighted by atomic mass is 10.1. The second-order valence-corrected chi connectivity index (χ2v) is 7.79. The van der Waals surface area contributed by atoms with Crippen LogP contribution in [-0.2, 0) is 4.79 Å². The van der Waals surface area contributed by atoms with E-state index >= 15 is 0 Å². The predicted octanol–water partition coefficient (Wildman–Crippen LogP) is 6.44. The maximum Gasteiger partial charge on any atom is 0.262 e. The van der Waals surface area contributed by atoms with Gasteiger partial charge >= 0.3 is 0 Å². The zero-order valence-corrected chi connectivity index (χ0v) is 17.8. The molecule has 1 heterocycles. The average Bonchev–Trinajstić information content (AvgIpc) is 3.10. The number of nitrogens with one attached hydrogen (secondary N) is 1. The number of aryl methyl sites for hydroxylation is 2. The number of ether oxygens (including phenoxy) is 1. The van der Waals surface area contributed by atoms with Gasteiger partial charge in [0.2, 0.25) is 5.89 Å². The lowest BCUT2D eigenvalue weighted by Crippen LogP contribution is -2.20. The van der Waals surface area contributed by atoms with Gasteiger partial charge in [-0.1, -0.05) is 35.3 Å². The van der Waals surface area contributed by atoms with Crippen molar-refractivity contribution in [2.24, 2.45) is 0 Å². The fourth-order valence-corrected chi connectivity index (χ4v) is 3.74. The zero-order valence-electron chi connectivity index (χ0n) is 16.3. The number of amides is 1. The van der Waals surface area contributed by atoms with E-state index in [1.54, 1.807) is 36.4 Å². The van der Waals surface area contributed by atoms with Crippen molar-refractivity contribution >= 4 is 45.9 Å². The number of benzene rings is 3. The summed E-state index contributed by atoms with van der Waals surface area (Å²) in [6.45, 7) is 3.68. The summed E-state index contributed by atoms with van der Waals surface area (Å²) in [5.74, 6) is 0.670. The molecule has 7 heteroatoms. The Balaban J connectivity index is 1.47. The number of hydrogen-bond acceptors (Lipinski definition) is 4. The molecule has 5 nitrogen and oxygen atoms in total. The van der Waals surface area contributed by atoms with Gasteiger partial charge in [0, 0.05) is 16.3 Å². The third-order valence-electron chi connectivity index (χ3n) is 4.46. The van der Waals surface area contributed by atoms with Crippen LogP contribution in [0.2, 0.25) is 10.0 Å². The van der Waals surface area contributed by atoms with E-state index in [9.17, 15) is 4.79 Å². The third kappa shape index (κ3) is 4.42. The Morgan fingerprint density at radius 1 is 1.10 bits per heavy atom. The van der Waals surface area contributed by atoms with Crippen LogP contribution in [0.25, 0.3) is 22.6 Å². The molecule has 1 N–H and O–H groups in total. The summed E-state index contributed by atoms with van der Waals surface area (Å²) >= 11 is 12.3. The number of aromatic nitrogens is 1. The predicted molar refractivity (Wildman–Crippen MR) is 120 cm³/mol. The fourth-order valence-electron chi connectivity index (χ4n) is 3.17. The number of oxazole rings is 1. The summed E-state index contributed by atoms with van der Waals surface area (Å²) < 4.78 is 11.4. The van der Waals surface area contributed by atoms with Crippen molar-refractivity contribution in [1.29, 1.82) is 0 Å². The van der Waals surface area contributed by atoms with E-state index < -0.39 is 0 Å². The highest BCUT2D eigenvalue weighted by Gasteiger charge is 2.12. The Bertz CT molecular complexity index is 1230. The monoisotopic (exact) mass is 440 g/mol. The second kappa shape index (κ2) is 8.38. The van der Waals surface area contributed by atoms with Gasteiger partial charge in [-0.05, 0) is 67.4 Å². The lowest BCUT2D eigenvalue weighted by Gasteiger charge is -2.12. The minimum atomic E-state index is -0.302. The maximum atomic E-state index is 12.3. The molecular formula is C23H18Cl2N2O3. The molecule has 0 aliphatic heterocycles. The van der Waals surface area contributed by atoms with Crippen LogP contribution >= 0.6 is 23.2 Å². The summed E-state index contributed by atoms with van der Waals surface area (Å²) in [4.78, 5) is 16.8. The molecule has 0 saturated carbocycles. The van der Waals surface area contributed by atoms with Gasteiger partial charge in [-0.3, -0.25) is 4.79 Å². The molecular weight excluding hydrogens is 423 g/mol. The molecule has 0 fully saturated rings. The van der Waals surface area contributed by atoms with E-state index in [-0.39, 0.29) is 12.5 Å². The van der Waals surface area contributed by atoms with Crippen LogP contribution in [0.15, 0.2) is 59.0 Å². The molecule has 0 atom stereocenters. The van der Waals surface area contributed by atoms with Crippen LogP contribution in [0.1, 0.15) is 11.1 Å². The maximum absolute atomic E-state index is 12.3. The molecule has 0 bridgehead atoms. The highest BCUT2D eigenvalue weighted by molar-refractivity contribution is 6.32. The first-order chi connectivity index (χ1) is 14.4. The third-order valence-corrected chi connectivity index (χ3v) is 4.98. The molecule has 3 aromatic carbocycles. The Morgan fingerprint density at radius 3 is 2.70 bits per heavy atom. The molecule has 0 radical (unpaired) electrons. The molecule has 0 aliphatic carbocycles. The van der Waals surface area contributed by atoms with E-state index in [1.807, 2.05) is 32.0 Å². The topological polar surface area (TPSA) is 64.4 Å². The highest BCUT2D eigenvalue weighted by atomic mass is 35.5. The van der Waals surface area contributed by atoms with Gasteiger partial charge < -0.3 is 14.5 Å². The molecule has 4 aromatic rings. The Morgan fingerprint density at radius 2 is 1.93 bits per heavy atom. The number of hydrogen-bond donors (Lipinski definition) is 1. The number of rotatable bonds is 5. The molecule has 1 amide bonds. The van der Waals surface area contributed by atoms with Crippen molar-refractivity contribution < 1.29 is 13.9 Å². The van der Waals surface area contributed by atoms with Gasteiger partial charge in [-0.15, -0.1) is 0 Å². The summed E-state index contributed by atoms with van der Waals surface area (Å²) in [5, 5.41) is 3.89. The van der Waals surface area contributed by atoms with Crippen LogP contribution in [0.5, 0.6) is 5.75 Å². The van der Waals surface area contributed by atoms with Gasteiger partial charge in [0.05, 0.1) is 5.02 Å². The summed E-state index contributed by atoms with van der Waals surface area (Å²) in [6, 6.07) is 16.3. The number of fused-ring (bicyclic) bond motifs is 1. The molecule has 152 valence electrons.